The highest BCUT2D eigenvalue weighted by molar-refractivity contribution is 5.95. The van der Waals surface area contributed by atoms with Gasteiger partial charge >= 0.3 is 0 Å². The third kappa shape index (κ3) is 4.12. The summed E-state index contributed by atoms with van der Waals surface area (Å²) in [6, 6.07) is 6.60. The number of rotatable bonds is 3. The molecule has 0 aliphatic heterocycles. The fourth-order valence-corrected chi connectivity index (χ4v) is 1.24. The molecule has 0 radical (unpaired) electrons. The Morgan fingerprint density at radius 3 is 2.33 bits per heavy atom. The van der Waals surface area contributed by atoms with Crippen LogP contribution < -0.4 is 22.5 Å². The van der Waals surface area contributed by atoms with Crippen LogP contribution in [0.3, 0.4) is 0 Å². The molecule has 0 saturated carbocycles. The van der Waals surface area contributed by atoms with Gasteiger partial charge in [0, 0.05) is 12.1 Å². The van der Waals surface area contributed by atoms with Crippen molar-refractivity contribution in [3.8, 4) is 0 Å². The van der Waals surface area contributed by atoms with Gasteiger partial charge in [0.15, 0.2) is 5.96 Å². The summed E-state index contributed by atoms with van der Waals surface area (Å²) in [6.45, 7) is 2.43. The molecule has 18 heavy (non-hydrogen) atoms. The highest BCUT2D eigenvalue weighted by atomic mass is 16.1. The number of hydrogen-bond acceptors (Lipinski definition) is 2. The number of guanidine groups is 2. The van der Waals surface area contributed by atoms with E-state index >= 15 is 0 Å². The summed E-state index contributed by atoms with van der Waals surface area (Å²) in [5, 5.41) is 2.69. The largest absolute Gasteiger partial charge is 0.370 e. The number of nitrogens with zero attached hydrogens (tertiary/aromatic N) is 2. The van der Waals surface area contributed by atoms with Crippen LogP contribution >= 0.6 is 0 Å². The second kappa shape index (κ2) is 6.24. The van der Waals surface area contributed by atoms with E-state index in [4.69, 9.17) is 17.2 Å². The van der Waals surface area contributed by atoms with Gasteiger partial charge in [0.05, 0.1) is 5.69 Å². The monoisotopic (exact) mass is 248 g/mol. The van der Waals surface area contributed by atoms with E-state index in [9.17, 15) is 4.79 Å². The maximum Gasteiger partial charge on any atom is 0.251 e. The van der Waals surface area contributed by atoms with Gasteiger partial charge in [-0.05, 0) is 31.2 Å². The predicted octanol–water partition coefficient (Wildman–Crippen LogP) is -0.344. The molecule has 0 aromatic heterocycles. The fraction of sp³-hybridized carbons (Fsp3) is 0.182. The number of benzene rings is 1. The van der Waals surface area contributed by atoms with Crippen molar-refractivity contribution in [3.05, 3.63) is 29.8 Å². The van der Waals surface area contributed by atoms with E-state index in [0.29, 0.717) is 17.8 Å². The van der Waals surface area contributed by atoms with Crippen LogP contribution in [0.25, 0.3) is 0 Å². The Hall–Kier alpha value is -2.57. The Morgan fingerprint density at radius 2 is 1.83 bits per heavy atom. The van der Waals surface area contributed by atoms with Gasteiger partial charge in [-0.25, -0.2) is 4.99 Å². The van der Waals surface area contributed by atoms with Crippen LogP contribution in [-0.4, -0.2) is 24.4 Å². The molecule has 0 spiro atoms. The van der Waals surface area contributed by atoms with Crippen LogP contribution in [0.2, 0.25) is 0 Å². The summed E-state index contributed by atoms with van der Waals surface area (Å²) < 4.78 is 0. The van der Waals surface area contributed by atoms with Gasteiger partial charge in [-0.2, -0.15) is 4.99 Å². The van der Waals surface area contributed by atoms with Crippen LogP contribution in [0.1, 0.15) is 17.3 Å². The zero-order valence-electron chi connectivity index (χ0n) is 10.1. The molecule has 7 nitrogen and oxygen atoms in total. The number of aliphatic imine (C=N–C) groups is 2. The van der Waals surface area contributed by atoms with Crippen molar-refractivity contribution in [1.29, 1.82) is 0 Å². The molecule has 0 aliphatic rings. The van der Waals surface area contributed by atoms with E-state index in [1.54, 1.807) is 24.3 Å². The molecule has 0 aliphatic carbocycles. The van der Waals surface area contributed by atoms with Crippen LogP contribution in [0, 0.1) is 0 Å². The van der Waals surface area contributed by atoms with Gasteiger partial charge in [-0.15, -0.1) is 0 Å². The van der Waals surface area contributed by atoms with Crippen molar-refractivity contribution in [2.24, 2.45) is 27.2 Å². The first-order chi connectivity index (χ1) is 8.52. The number of carbonyl (C=O) groups is 1. The van der Waals surface area contributed by atoms with Crippen molar-refractivity contribution in [2.75, 3.05) is 6.54 Å². The van der Waals surface area contributed by atoms with Crippen LogP contribution in [0.15, 0.2) is 34.3 Å². The minimum Gasteiger partial charge on any atom is -0.370 e. The molecule has 0 saturated heterocycles. The SMILES string of the molecule is CCNC(=O)c1ccc(N=C(N)N=C(N)N)cc1. The summed E-state index contributed by atoms with van der Waals surface area (Å²) in [7, 11) is 0. The fourth-order valence-electron chi connectivity index (χ4n) is 1.24. The lowest BCUT2D eigenvalue weighted by Crippen LogP contribution is -2.26. The van der Waals surface area contributed by atoms with Crippen LogP contribution in [0.4, 0.5) is 5.69 Å². The molecular weight excluding hydrogens is 232 g/mol. The smallest absolute Gasteiger partial charge is 0.251 e. The van der Waals surface area contributed by atoms with E-state index in [1.165, 1.54) is 0 Å². The van der Waals surface area contributed by atoms with E-state index in [2.05, 4.69) is 15.3 Å². The number of carbonyl (C=O) groups excluding carboxylic acids is 1. The van der Waals surface area contributed by atoms with Gasteiger partial charge in [0.25, 0.3) is 5.91 Å². The molecule has 0 atom stereocenters. The highest BCUT2D eigenvalue weighted by Crippen LogP contribution is 2.13. The zero-order chi connectivity index (χ0) is 13.5. The van der Waals surface area contributed by atoms with E-state index in [1.807, 2.05) is 6.92 Å². The zero-order valence-corrected chi connectivity index (χ0v) is 10.1. The third-order valence-electron chi connectivity index (χ3n) is 1.95. The number of nitrogens with two attached hydrogens (primary N) is 3. The topological polar surface area (TPSA) is 132 Å². The molecule has 7 heteroatoms. The third-order valence-corrected chi connectivity index (χ3v) is 1.95. The molecule has 1 aromatic carbocycles. The summed E-state index contributed by atoms with van der Waals surface area (Å²) in [4.78, 5) is 19.0. The number of amides is 1. The first-order valence-corrected chi connectivity index (χ1v) is 5.35. The quantitative estimate of drug-likeness (QED) is 0.430. The summed E-state index contributed by atoms with van der Waals surface area (Å²) in [5.41, 5.74) is 16.9. The van der Waals surface area contributed by atoms with Crippen LogP contribution in [-0.2, 0) is 0 Å². The lowest BCUT2D eigenvalue weighted by Gasteiger charge is -2.02. The Labute approximate surface area is 105 Å². The standard InChI is InChI=1S/C11H16N6O/c1-2-15-9(18)7-3-5-8(6-4-7)16-11(14)17-10(12)13/h3-6H,2H2,1H3,(H,15,18)(H6,12,13,14,16,17). The van der Waals surface area contributed by atoms with Crippen molar-refractivity contribution < 1.29 is 4.79 Å². The van der Waals surface area contributed by atoms with Gasteiger partial charge in [-0.1, -0.05) is 0 Å². The Bertz CT molecular complexity index is 473. The maximum absolute atomic E-state index is 11.5. The average molecular weight is 248 g/mol. The molecular formula is C11H16N6O. The first kappa shape index (κ1) is 13.5. The molecule has 96 valence electrons. The Morgan fingerprint density at radius 1 is 1.22 bits per heavy atom. The second-order valence-electron chi connectivity index (χ2n) is 3.41. The van der Waals surface area contributed by atoms with Gasteiger partial charge < -0.3 is 22.5 Å². The molecule has 0 unspecified atom stereocenters. The number of nitrogens with one attached hydrogen (secondary N) is 1. The van der Waals surface area contributed by atoms with Gasteiger partial charge in [0.2, 0.25) is 5.96 Å². The predicted molar refractivity (Wildman–Crippen MR) is 71.5 cm³/mol. The van der Waals surface area contributed by atoms with Crippen molar-refractivity contribution in [3.63, 3.8) is 0 Å². The number of hydrogen-bond donors (Lipinski definition) is 4. The van der Waals surface area contributed by atoms with Gasteiger partial charge in [0.1, 0.15) is 0 Å². The molecule has 0 fully saturated rings. The highest BCUT2D eigenvalue weighted by Gasteiger charge is 2.03. The summed E-state index contributed by atoms with van der Waals surface area (Å²) in [6.07, 6.45) is 0. The molecule has 1 amide bonds. The molecule has 1 aromatic rings. The van der Waals surface area contributed by atoms with Crippen molar-refractivity contribution >= 4 is 23.5 Å². The first-order valence-electron chi connectivity index (χ1n) is 5.35. The van der Waals surface area contributed by atoms with E-state index in [-0.39, 0.29) is 17.8 Å². The Balaban J connectivity index is 2.83. The summed E-state index contributed by atoms with van der Waals surface area (Å²) in [5.74, 6) is -0.332. The lowest BCUT2D eigenvalue weighted by atomic mass is 10.2. The normalized spacial score (nSPS) is 10.8. The molecule has 1 rings (SSSR count). The molecule has 7 N–H and O–H groups in total. The average Bonchev–Trinajstić information content (AvgIpc) is 2.29. The van der Waals surface area contributed by atoms with Gasteiger partial charge in [-0.3, -0.25) is 4.79 Å². The summed E-state index contributed by atoms with van der Waals surface area (Å²) >= 11 is 0. The van der Waals surface area contributed by atoms with Crippen molar-refractivity contribution in [2.45, 2.75) is 6.92 Å². The van der Waals surface area contributed by atoms with E-state index < -0.39 is 0 Å². The second-order valence-corrected chi connectivity index (χ2v) is 3.41. The lowest BCUT2D eigenvalue weighted by molar-refractivity contribution is 0.0956. The maximum atomic E-state index is 11.5. The van der Waals surface area contributed by atoms with Crippen LogP contribution in [0.5, 0.6) is 0 Å². The van der Waals surface area contributed by atoms with E-state index in [0.717, 1.165) is 0 Å². The van der Waals surface area contributed by atoms with Crippen molar-refractivity contribution in [1.82, 2.24) is 5.32 Å². The Kier molecular flexibility index (Phi) is 4.67. The minimum absolute atomic E-state index is 0.0410. The molecule has 0 heterocycles. The molecule has 0 bridgehead atoms. The minimum atomic E-state index is -0.157.